The molecule has 1 aliphatic rings. The maximum absolute atomic E-state index is 6.16. The summed E-state index contributed by atoms with van der Waals surface area (Å²) in [7, 11) is 0. The van der Waals surface area contributed by atoms with Crippen molar-refractivity contribution in [1.29, 1.82) is 0 Å². The minimum atomic E-state index is 0.566. The maximum atomic E-state index is 6.16. The molecule has 0 aliphatic heterocycles. The Labute approximate surface area is 91.5 Å². The van der Waals surface area contributed by atoms with Gasteiger partial charge in [0.1, 0.15) is 0 Å². The van der Waals surface area contributed by atoms with Gasteiger partial charge in [0, 0.05) is 6.04 Å². The number of nitrogens with zero attached hydrogens (tertiary/aromatic N) is 1. The predicted molar refractivity (Wildman–Crippen MR) is 60.4 cm³/mol. The average Bonchev–Trinajstić information content (AvgIpc) is 2.90. The third-order valence-corrected chi connectivity index (χ3v) is 3.20. The molecule has 1 heterocycles. The van der Waals surface area contributed by atoms with E-state index < -0.39 is 0 Å². The highest BCUT2D eigenvalue weighted by Crippen LogP contribution is 2.39. The van der Waals surface area contributed by atoms with Crippen LogP contribution in [0.4, 0.5) is 0 Å². The Morgan fingerprint density at radius 1 is 1.43 bits per heavy atom. The molecule has 14 heavy (non-hydrogen) atoms. The Balaban J connectivity index is 2.45. The Bertz CT molecular complexity index is 551. The lowest BCUT2D eigenvalue weighted by Crippen LogP contribution is -1.93. The maximum Gasteiger partial charge on any atom is 0.178 e. The van der Waals surface area contributed by atoms with Crippen LogP contribution < -0.4 is 0 Å². The summed E-state index contributed by atoms with van der Waals surface area (Å²) in [6.45, 7) is 0. The number of aromatic nitrogens is 2. The fourth-order valence-corrected chi connectivity index (χ4v) is 2.44. The second-order valence-corrected chi connectivity index (χ2v) is 4.46. The number of fused-ring (bicyclic) bond motifs is 1. The second-order valence-electron chi connectivity index (χ2n) is 3.67. The molecule has 0 bridgehead atoms. The number of H-pyrrole nitrogens is 1. The largest absolute Gasteiger partial charge is 0.331 e. The van der Waals surface area contributed by atoms with Crippen LogP contribution in [0.25, 0.3) is 11.0 Å². The summed E-state index contributed by atoms with van der Waals surface area (Å²) in [6, 6.07) is 6.42. The molecule has 1 aromatic heterocycles. The predicted octanol–water partition coefficient (Wildman–Crippen LogP) is 3.69. The van der Waals surface area contributed by atoms with Crippen molar-refractivity contribution in [3.8, 4) is 0 Å². The summed E-state index contributed by atoms with van der Waals surface area (Å²) in [5.74, 6) is 0. The fourth-order valence-electron chi connectivity index (χ4n) is 1.82. The van der Waals surface area contributed by atoms with Crippen molar-refractivity contribution in [2.45, 2.75) is 18.9 Å². The van der Waals surface area contributed by atoms with Gasteiger partial charge in [-0.3, -0.25) is 0 Å². The zero-order valence-electron chi connectivity index (χ0n) is 7.46. The summed E-state index contributed by atoms with van der Waals surface area (Å²) in [5, 5.41) is 0.779. The lowest BCUT2D eigenvalue weighted by molar-refractivity contribution is 0.754. The molecule has 2 aromatic rings. The zero-order chi connectivity index (χ0) is 9.71. The van der Waals surface area contributed by atoms with E-state index in [-0.39, 0.29) is 0 Å². The van der Waals surface area contributed by atoms with Crippen LogP contribution in [0.3, 0.4) is 0 Å². The molecule has 0 radical (unpaired) electrons. The van der Waals surface area contributed by atoms with Gasteiger partial charge in [-0.15, -0.1) is 0 Å². The highest BCUT2D eigenvalue weighted by Gasteiger charge is 2.26. The lowest BCUT2D eigenvalue weighted by Gasteiger charge is -2.01. The van der Waals surface area contributed by atoms with Crippen molar-refractivity contribution < 1.29 is 0 Å². The van der Waals surface area contributed by atoms with E-state index >= 15 is 0 Å². The van der Waals surface area contributed by atoms with Crippen LogP contribution in [0, 0.1) is 4.77 Å². The highest BCUT2D eigenvalue weighted by atomic mass is 35.5. The first-order chi connectivity index (χ1) is 6.77. The molecule has 1 aromatic carbocycles. The molecule has 0 amide bonds. The topological polar surface area (TPSA) is 20.7 Å². The molecule has 2 nitrogen and oxygen atoms in total. The van der Waals surface area contributed by atoms with E-state index in [1.807, 2.05) is 18.2 Å². The van der Waals surface area contributed by atoms with Crippen LogP contribution in [0.5, 0.6) is 0 Å². The molecule has 1 aliphatic carbocycles. The van der Waals surface area contributed by atoms with Crippen LogP contribution in [0.15, 0.2) is 18.2 Å². The standard InChI is InChI=1S/C10H9ClN2S/c11-7-2-1-3-8-9(7)13(6-4-5-6)10(14)12-8/h1-3,6H,4-5H2,(H,12,14). The number of halogens is 1. The van der Waals surface area contributed by atoms with Crippen molar-refractivity contribution in [1.82, 2.24) is 9.55 Å². The summed E-state index contributed by atoms with van der Waals surface area (Å²) >= 11 is 11.4. The average molecular weight is 225 g/mol. The Hall–Kier alpha value is -0.800. The van der Waals surface area contributed by atoms with Crippen LogP contribution in [0.1, 0.15) is 18.9 Å². The van der Waals surface area contributed by atoms with E-state index in [4.69, 9.17) is 23.8 Å². The van der Waals surface area contributed by atoms with Crippen LogP contribution >= 0.6 is 23.8 Å². The van der Waals surface area contributed by atoms with E-state index in [9.17, 15) is 0 Å². The minimum absolute atomic E-state index is 0.566. The van der Waals surface area contributed by atoms with Gasteiger partial charge in [-0.2, -0.15) is 0 Å². The van der Waals surface area contributed by atoms with E-state index in [0.717, 1.165) is 20.8 Å². The monoisotopic (exact) mass is 224 g/mol. The van der Waals surface area contributed by atoms with E-state index in [2.05, 4.69) is 9.55 Å². The molecule has 0 atom stereocenters. The Morgan fingerprint density at radius 3 is 2.93 bits per heavy atom. The molecular weight excluding hydrogens is 216 g/mol. The van der Waals surface area contributed by atoms with Gasteiger partial charge in [-0.1, -0.05) is 17.7 Å². The van der Waals surface area contributed by atoms with Gasteiger partial charge in [0.2, 0.25) is 0 Å². The third-order valence-electron chi connectivity index (χ3n) is 2.60. The van der Waals surface area contributed by atoms with Crippen molar-refractivity contribution in [2.24, 2.45) is 0 Å². The molecule has 0 unspecified atom stereocenters. The zero-order valence-corrected chi connectivity index (χ0v) is 9.03. The van der Waals surface area contributed by atoms with Crippen LogP contribution in [-0.4, -0.2) is 9.55 Å². The molecule has 3 rings (SSSR count). The molecule has 1 fully saturated rings. The highest BCUT2D eigenvalue weighted by molar-refractivity contribution is 7.71. The van der Waals surface area contributed by atoms with Gasteiger partial charge in [0.15, 0.2) is 4.77 Å². The first-order valence-corrected chi connectivity index (χ1v) is 5.45. The van der Waals surface area contributed by atoms with E-state index in [1.54, 1.807) is 0 Å². The van der Waals surface area contributed by atoms with Gasteiger partial charge >= 0.3 is 0 Å². The summed E-state index contributed by atoms with van der Waals surface area (Å²) in [4.78, 5) is 3.18. The Morgan fingerprint density at radius 2 is 2.21 bits per heavy atom. The number of hydrogen-bond donors (Lipinski definition) is 1. The first kappa shape index (κ1) is 8.50. The van der Waals surface area contributed by atoms with Crippen molar-refractivity contribution in [3.63, 3.8) is 0 Å². The number of nitrogens with one attached hydrogen (secondary N) is 1. The summed E-state index contributed by atoms with van der Waals surface area (Å²) < 4.78 is 2.93. The van der Waals surface area contributed by atoms with Crippen LogP contribution in [-0.2, 0) is 0 Å². The van der Waals surface area contributed by atoms with E-state index in [1.165, 1.54) is 12.8 Å². The van der Waals surface area contributed by atoms with Crippen molar-refractivity contribution in [3.05, 3.63) is 28.0 Å². The lowest BCUT2D eigenvalue weighted by atomic mass is 10.3. The van der Waals surface area contributed by atoms with Gasteiger partial charge in [0.25, 0.3) is 0 Å². The first-order valence-electron chi connectivity index (χ1n) is 4.66. The number of imidazole rings is 1. The Kier molecular flexibility index (Phi) is 1.73. The molecular formula is C10H9ClN2S. The van der Waals surface area contributed by atoms with Gasteiger partial charge in [-0.05, 0) is 37.2 Å². The number of benzene rings is 1. The molecule has 4 heteroatoms. The number of para-hydroxylation sites is 1. The number of hydrogen-bond acceptors (Lipinski definition) is 1. The SMILES string of the molecule is S=c1[nH]c2cccc(Cl)c2n1C1CC1. The van der Waals surface area contributed by atoms with Gasteiger partial charge in [0.05, 0.1) is 16.1 Å². The molecule has 0 spiro atoms. The third kappa shape index (κ3) is 1.12. The number of aromatic amines is 1. The quantitative estimate of drug-likeness (QED) is 0.733. The fraction of sp³-hybridized carbons (Fsp3) is 0.300. The molecule has 72 valence electrons. The minimum Gasteiger partial charge on any atom is -0.331 e. The van der Waals surface area contributed by atoms with Crippen molar-refractivity contribution in [2.75, 3.05) is 0 Å². The smallest absolute Gasteiger partial charge is 0.178 e. The summed E-state index contributed by atoms with van der Waals surface area (Å²) in [5.41, 5.74) is 2.09. The van der Waals surface area contributed by atoms with Gasteiger partial charge < -0.3 is 9.55 Å². The normalized spacial score (nSPS) is 16.4. The van der Waals surface area contributed by atoms with E-state index in [0.29, 0.717) is 6.04 Å². The van der Waals surface area contributed by atoms with Gasteiger partial charge in [-0.25, -0.2) is 0 Å². The molecule has 1 saturated carbocycles. The van der Waals surface area contributed by atoms with Crippen LogP contribution in [0.2, 0.25) is 5.02 Å². The molecule has 0 saturated heterocycles. The molecule has 1 N–H and O–H groups in total. The number of rotatable bonds is 1. The second kappa shape index (κ2) is 2.84. The summed E-state index contributed by atoms with van der Waals surface area (Å²) in [6.07, 6.45) is 2.43. The van der Waals surface area contributed by atoms with Crippen molar-refractivity contribution >= 4 is 34.9 Å².